The summed E-state index contributed by atoms with van der Waals surface area (Å²) in [6.45, 7) is 6.54. The first-order valence-corrected chi connectivity index (χ1v) is 8.67. The van der Waals surface area contributed by atoms with Gasteiger partial charge in [0.2, 0.25) is 0 Å². The van der Waals surface area contributed by atoms with E-state index in [1.807, 2.05) is 0 Å². The average molecular weight is 235 g/mol. The molecule has 0 fully saturated rings. The average Bonchev–Trinajstić information content (AvgIpc) is 2.29. The second-order valence-electron chi connectivity index (χ2n) is 3.95. The quantitative estimate of drug-likeness (QED) is 0.737. The van der Waals surface area contributed by atoms with Crippen molar-refractivity contribution in [3.63, 3.8) is 0 Å². The van der Waals surface area contributed by atoms with Crippen molar-refractivity contribution in [2.24, 2.45) is 0 Å². The zero-order valence-corrected chi connectivity index (χ0v) is 10.4. The fourth-order valence-corrected chi connectivity index (χ4v) is 5.21. The van der Waals surface area contributed by atoms with Crippen molar-refractivity contribution in [1.29, 1.82) is 0 Å². The van der Waals surface area contributed by atoms with Crippen molar-refractivity contribution >= 4 is 47.4 Å². The van der Waals surface area contributed by atoms with Crippen molar-refractivity contribution in [3.8, 4) is 0 Å². The summed E-state index contributed by atoms with van der Waals surface area (Å²) in [6, 6.07) is 1.64. The Bertz CT molecular complexity index is 308. The highest BCUT2D eigenvalue weighted by molar-refractivity contribution is 7.33. The lowest BCUT2D eigenvalue weighted by atomic mass is 9.90. The number of hydrogen-bond acceptors (Lipinski definition) is 3. The topological polar surface area (TPSA) is 40.5 Å². The molecule has 1 heterocycles. The van der Waals surface area contributed by atoms with Crippen LogP contribution in [0.3, 0.4) is 0 Å². The summed E-state index contributed by atoms with van der Waals surface area (Å²) in [5.41, 5.74) is 0. The van der Waals surface area contributed by atoms with Crippen LogP contribution in [0.2, 0.25) is 24.7 Å². The Hall–Kier alpha value is 0.192. The third kappa shape index (κ3) is 2.57. The molecule has 0 radical (unpaired) electrons. The summed E-state index contributed by atoms with van der Waals surface area (Å²) < 4.78 is 1.65. The van der Waals surface area contributed by atoms with Gasteiger partial charge in [-0.3, -0.25) is 0 Å². The fraction of sp³-hybridized carbons (Fsp3) is 0.429. The van der Waals surface area contributed by atoms with Crippen molar-refractivity contribution in [3.05, 3.63) is 11.1 Å². The van der Waals surface area contributed by atoms with Gasteiger partial charge in [-0.05, 0) is 6.07 Å². The first-order valence-electron chi connectivity index (χ1n) is 3.98. The molecule has 0 aliphatic carbocycles. The van der Waals surface area contributed by atoms with Gasteiger partial charge in [0.05, 0.1) is 8.07 Å². The Balaban J connectivity index is 3.11. The van der Waals surface area contributed by atoms with Crippen LogP contribution >= 0.6 is 22.9 Å². The highest BCUT2D eigenvalue weighted by Gasteiger charge is 2.25. The molecule has 13 heavy (non-hydrogen) atoms. The predicted molar refractivity (Wildman–Crippen MR) is 62.1 cm³/mol. The number of thiophene rings is 1. The predicted octanol–water partition coefficient (Wildman–Crippen LogP) is 0.626. The van der Waals surface area contributed by atoms with Crippen LogP contribution in [0.5, 0.6) is 0 Å². The van der Waals surface area contributed by atoms with E-state index in [0.717, 1.165) is 4.50 Å². The Morgan fingerprint density at radius 2 is 1.92 bits per heavy atom. The SMILES string of the molecule is C[Si](C)(C)c1sc(B(O)O)cc1Cl. The van der Waals surface area contributed by atoms with Gasteiger partial charge < -0.3 is 10.0 Å². The summed E-state index contributed by atoms with van der Waals surface area (Å²) in [7, 11) is -2.83. The molecule has 2 nitrogen and oxygen atoms in total. The highest BCUT2D eigenvalue weighted by Crippen LogP contribution is 2.15. The molecule has 6 heteroatoms. The van der Waals surface area contributed by atoms with Crippen LogP contribution in [-0.4, -0.2) is 25.2 Å². The molecule has 0 spiro atoms. The molecule has 0 saturated heterocycles. The van der Waals surface area contributed by atoms with E-state index in [-0.39, 0.29) is 0 Å². The summed E-state index contributed by atoms with van der Waals surface area (Å²) >= 11 is 7.40. The van der Waals surface area contributed by atoms with E-state index in [1.54, 1.807) is 6.07 Å². The maximum atomic E-state index is 8.95. The first kappa shape index (κ1) is 11.3. The number of halogens is 1. The fourth-order valence-electron chi connectivity index (χ4n) is 1.03. The van der Waals surface area contributed by atoms with E-state index >= 15 is 0 Å². The molecule has 0 amide bonds. The summed E-state index contributed by atoms with van der Waals surface area (Å²) in [5.74, 6) is 0. The van der Waals surface area contributed by atoms with E-state index in [0.29, 0.717) is 9.80 Å². The molecule has 1 aromatic heterocycles. The molecule has 0 unspecified atom stereocenters. The van der Waals surface area contributed by atoms with Gasteiger partial charge in [0.1, 0.15) is 0 Å². The number of rotatable bonds is 2. The molecule has 1 aromatic rings. The Labute approximate surface area is 88.3 Å². The Morgan fingerprint density at radius 1 is 1.38 bits per heavy atom. The van der Waals surface area contributed by atoms with Crippen LogP contribution < -0.4 is 9.28 Å². The van der Waals surface area contributed by atoms with E-state index in [1.165, 1.54) is 11.3 Å². The summed E-state index contributed by atoms with van der Waals surface area (Å²) in [4.78, 5) is 0. The van der Waals surface area contributed by atoms with Gasteiger partial charge in [-0.25, -0.2) is 0 Å². The maximum absolute atomic E-state index is 8.95. The molecule has 1 rings (SSSR count). The van der Waals surface area contributed by atoms with E-state index in [4.69, 9.17) is 21.6 Å². The second kappa shape index (κ2) is 3.75. The molecule has 0 atom stereocenters. The monoisotopic (exact) mass is 234 g/mol. The van der Waals surface area contributed by atoms with Crippen molar-refractivity contribution in [1.82, 2.24) is 0 Å². The van der Waals surface area contributed by atoms with Crippen LogP contribution in [0.25, 0.3) is 0 Å². The molecule has 72 valence electrons. The zero-order chi connectivity index (χ0) is 10.2. The zero-order valence-electron chi connectivity index (χ0n) is 7.84. The van der Waals surface area contributed by atoms with Gasteiger partial charge in [0, 0.05) is 14.3 Å². The Kier molecular flexibility index (Phi) is 3.25. The maximum Gasteiger partial charge on any atom is 0.499 e. The molecular formula is C7H12BClO2SSi. The minimum Gasteiger partial charge on any atom is -0.423 e. The van der Waals surface area contributed by atoms with E-state index in [2.05, 4.69) is 19.6 Å². The summed E-state index contributed by atoms with van der Waals surface area (Å²) in [6.07, 6.45) is 0. The lowest BCUT2D eigenvalue weighted by molar-refractivity contribution is 0.427. The van der Waals surface area contributed by atoms with E-state index < -0.39 is 15.2 Å². The molecule has 0 bridgehead atoms. The second-order valence-corrected chi connectivity index (χ2v) is 10.8. The molecule has 0 saturated carbocycles. The van der Waals surface area contributed by atoms with Gasteiger partial charge in [-0.15, -0.1) is 0 Å². The van der Waals surface area contributed by atoms with Crippen LogP contribution in [0, 0.1) is 0 Å². The van der Waals surface area contributed by atoms with Crippen molar-refractivity contribution < 1.29 is 10.0 Å². The van der Waals surface area contributed by atoms with Gasteiger partial charge in [0.25, 0.3) is 0 Å². The Morgan fingerprint density at radius 3 is 2.15 bits per heavy atom. The minimum atomic E-state index is -1.44. The standard InChI is InChI=1S/C7H12BClO2SSi/c1-13(2,3)7-5(9)4-6(12-7)8(10)11/h4,10-11H,1-3H3. The van der Waals surface area contributed by atoms with Gasteiger partial charge >= 0.3 is 7.12 Å². The minimum absolute atomic E-state index is 0.530. The molecular weight excluding hydrogens is 222 g/mol. The molecule has 0 aliphatic rings. The van der Waals surface area contributed by atoms with E-state index in [9.17, 15) is 0 Å². The van der Waals surface area contributed by atoms with Gasteiger partial charge in [-0.2, -0.15) is 11.3 Å². The summed E-state index contributed by atoms with van der Waals surface area (Å²) in [5, 5.41) is 18.6. The first-order chi connectivity index (χ1) is 5.82. The largest absolute Gasteiger partial charge is 0.499 e. The van der Waals surface area contributed by atoms with Crippen LogP contribution in [0.4, 0.5) is 0 Å². The molecule has 0 aliphatic heterocycles. The third-order valence-corrected chi connectivity index (χ3v) is 6.97. The highest BCUT2D eigenvalue weighted by atomic mass is 35.5. The third-order valence-electron chi connectivity index (χ3n) is 1.64. The lowest BCUT2D eigenvalue weighted by Gasteiger charge is -2.13. The van der Waals surface area contributed by atoms with Gasteiger partial charge in [0.15, 0.2) is 0 Å². The van der Waals surface area contributed by atoms with Crippen molar-refractivity contribution in [2.75, 3.05) is 0 Å². The van der Waals surface area contributed by atoms with Crippen LogP contribution in [0.1, 0.15) is 0 Å². The molecule has 0 aromatic carbocycles. The number of hydrogen-bond donors (Lipinski definition) is 2. The van der Waals surface area contributed by atoms with Crippen molar-refractivity contribution in [2.45, 2.75) is 19.6 Å². The normalized spacial score (nSPS) is 11.8. The smallest absolute Gasteiger partial charge is 0.423 e. The lowest BCUT2D eigenvalue weighted by Crippen LogP contribution is -2.36. The van der Waals surface area contributed by atoms with Crippen LogP contribution in [0.15, 0.2) is 6.07 Å². The molecule has 2 N–H and O–H groups in total. The van der Waals surface area contributed by atoms with Gasteiger partial charge in [-0.1, -0.05) is 31.2 Å². The van der Waals surface area contributed by atoms with Crippen LogP contribution in [-0.2, 0) is 0 Å².